The second-order valence-electron chi connectivity index (χ2n) is 4.49. The van der Waals surface area contributed by atoms with Gasteiger partial charge in [-0.25, -0.2) is 15.0 Å². The zero-order valence-electron chi connectivity index (χ0n) is 11.7. The average molecular weight is 298 g/mol. The molecule has 1 aromatic carbocycles. The molecule has 0 aliphatic heterocycles. The zero-order chi connectivity index (χ0) is 14.8. The maximum Gasteiger partial charge on any atom is 0.137 e. The van der Waals surface area contributed by atoms with Crippen molar-refractivity contribution in [3.05, 3.63) is 41.7 Å². The molecule has 0 atom stereocenters. The molecule has 0 saturated carbocycles. The van der Waals surface area contributed by atoms with Crippen molar-refractivity contribution in [3.63, 3.8) is 0 Å². The van der Waals surface area contributed by atoms with Gasteiger partial charge in [0.2, 0.25) is 0 Å². The first-order chi connectivity index (χ1) is 10.2. The van der Waals surface area contributed by atoms with Gasteiger partial charge in [-0.1, -0.05) is 12.1 Å². The molecule has 2 N–H and O–H groups in total. The second-order valence-corrected chi connectivity index (χ2v) is 5.34. The Morgan fingerprint density at radius 3 is 2.86 bits per heavy atom. The number of methoxy groups -OCH3 is 1. The highest BCUT2D eigenvalue weighted by Gasteiger charge is 2.11. The van der Waals surface area contributed by atoms with E-state index < -0.39 is 0 Å². The minimum absolute atomic E-state index is 0.453. The SMILES string of the molecule is COc1cccc(-c2csc(-c3cnc(C)nc3N)n2)c1. The number of hydrogen-bond donors (Lipinski definition) is 1. The number of aromatic nitrogens is 3. The number of anilines is 1. The summed E-state index contributed by atoms with van der Waals surface area (Å²) in [5.41, 5.74) is 8.59. The fourth-order valence-electron chi connectivity index (χ4n) is 1.96. The van der Waals surface area contributed by atoms with Crippen molar-refractivity contribution in [2.45, 2.75) is 6.92 Å². The van der Waals surface area contributed by atoms with Crippen LogP contribution in [-0.4, -0.2) is 22.1 Å². The molecule has 6 heteroatoms. The fraction of sp³-hybridized carbons (Fsp3) is 0.133. The van der Waals surface area contributed by atoms with Gasteiger partial charge in [0.15, 0.2) is 0 Å². The lowest BCUT2D eigenvalue weighted by molar-refractivity contribution is 0.415. The molecule has 2 aromatic heterocycles. The Balaban J connectivity index is 1.99. The van der Waals surface area contributed by atoms with Crippen molar-refractivity contribution < 1.29 is 4.74 Å². The molecule has 0 amide bonds. The molecule has 0 saturated heterocycles. The summed E-state index contributed by atoms with van der Waals surface area (Å²) in [4.78, 5) is 13.0. The van der Waals surface area contributed by atoms with Crippen molar-refractivity contribution in [3.8, 4) is 27.6 Å². The van der Waals surface area contributed by atoms with E-state index in [1.54, 1.807) is 13.3 Å². The molecular weight excluding hydrogens is 284 g/mol. The number of nitrogens with zero attached hydrogens (tertiary/aromatic N) is 3. The van der Waals surface area contributed by atoms with Crippen LogP contribution in [0.15, 0.2) is 35.8 Å². The largest absolute Gasteiger partial charge is 0.497 e. The Morgan fingerprint density at radius 2 is 2.10 bits per heavy atom. The van der Waals surface area contributed by atoms with Crippen LogP contribution in [0, 0.1) is 6.92 Å². The lowest BCUT2D eigenvalue weighted by atomic mass is 10.1. The maximum atomic E-state index is 5.94. The van der Waals surface area contributed by atoms with Crippen LogP contribution in [0.3, 0.4) is 0 Å². The van der Waals surface area contributed by atoms with Gasteiger partial charge in [0.05, 0.1) is 18.4 Å². The van der Waals surface area contributed by atoms with E-state index in [9.17, 15) is 0 Å². The van der Waals surface area contributed by atoms with Gasteiger partial charge in [-0.3, -0.25) is 0 Å². The van der Waals surface area contributed by atoms with Crippen molar-refractivity contribution in [2.24, 2.45) is 0 Å². The molecule has 0 radical (unpaired) electrons. The van der Waals surface area contributed by atoms with Crippen molar-refractivity contribution >= 4 is 17.2 Å². The highest BCUT2D eigenvalue weighted by molar-refractivity contribution is 7.13. The number of nitrogens with two attached hydrogens (primary N) is 1. The molecule has 21 heavy (non-hydrogen) atoms. The molecule has 0 aliphatic carbocycles. The van der Waals surface area contributed by atoms with Crippen LogP contribution in [0.1, 0.15) is 5.82 Å². The highest BCUT2D eigenvalue weighted by atomic mass is 32.1. The number of rotatable bonds is 3. The lowest BCUT2D eigenvalue weighted by Crippen LogP contribution is -1.98. The quantitative estimate of drug-likeness (QED) is 0.804. The summed E-state index contributed by atoms with van der Waals surface area (Å²) in [7, 11) is 1.65. The van der Waals surface area contributed by atoms with Gasteiger partial charge in [-0.2, -0.15) is 0 Å². The molecule has 3 rings (SSSR count). The highest BCUT2D eigenvalue weighted by Crippen LogP contribution is 2.31. The third kappa shape index (κ3) is 2.71. The Kier molecular flexibility index (Phi) is 3.53. The second kappa shape index (κ2) is 5.49. The first kappa shape index (κ1) is 13.5. The van der Waals surface area contributed by atoms with Crippen LogP contribution in [0.4, 0.5) is 5.82 Å². The zero-order valence-corrected chi connectivity index (χ0v) is 12.5. The van der Waals surface area contributed by atoms with Gasteiger partial charge in [0, 0.05) is 17.1 Å². The molecule has 2 heterocycles. The average Bonchev–Trinajstić information content (AvgIpc) is 2.97. The van der Waals surface area contributed by atoms with Crippen LogP contribution in [0.25, 0.3) is 21.8 Å². The Labute approximate surface area is 126 Å². The number of thiazole rings is 1. The van der Waals surface area contributed by atoms with E-state index in [1.807, 2.05) is 36.6 Å². The molecule has 0 unspecified atom stereocenters. The first-order valence-corrected chi connectivity index (χ1v) is 7.25. The summed E-state index contributed by atoms with van der Waals surface area (Å²) in [6.07, 6.45) is 1.71. The minimum Gasteiger partial charge on any atom is -0.497 e. The number of hydrogen-bond acceptors (Lipinski definition) is 6. The van der Waals surface area contributed by atoms with E-state index in [-0.39, 0.29) is 0 Å². The van der Waals surface area contributed by atoms with E-state index in [4.69, 9.17) is 10.5 Å². The topological polar surface area (TPSA) is 73.9 Å². The molecule has 3 aromatic rings. The summed E-state index contributed by atoms with van der Waals surface area (Å²) in [5, 5.41) is 2.80. The number of benzene rings is 1. The lowest BCUT2D eigenvalue weighted by Gasteiger charge is -2.02. The first-order valence-electron chi connectivity index (χ1n) is 6.37. The van der Waals surface area contributed by atoms with Crippen LogP contribution >= 0.6 is 11.3 Å². The predicted molar refractivity (Wildman–Crippen MR) is 84.3 cm³/mol. The molecule has 5 nitrogen and oxygen atoms in total. The monoisotopic (exact) mass is 298 g/mol. The van der Waals surface area contributed by atoms with Gasteiger partial charge in [-0.15, -0.1) is 11.3 Å². The van der Waals surface area contributed by atoms with Crippen molar-refractivity contribution in [1.29, 1.82) is 0 Å². The normalized spacial score (nSPS) is 10.6. The third-order valence-electron chi connectivity index (χ3n) is 3.04. The van der Waals surface area contributed by atoms with E-state index in [2.05, 4.69) is 15.0 Å². The fourth-order valence-corrected chi connectivity index (χ4v) is 2.81. The van der Waals surface area contributed by atoms with Gasteiger partial charge in [0.1, 0.15) is 22.4 Å². The Bertz CT molecular complexity index is 785. The molecule has 0 bridgehead atoms. The van der Waals surface area contributed by atoms with E-state index in [0.717, 1.165) is 27.6 Å². The Hall–Kier alpha value is -2.47. The summed E-state index contributed by atoms with van der Waals surface area (Å²) in [6.45, 7) is 1.81. The van der Waals surface area contributed by atoms with Gasteiger partial charge in [0.25, 0.3) is 0 Å². The van der Waals surface area contributed by atoms with Crippen LogP contribution in [0.5, 0.6) is 5.75 Å². The molecule has 0 spiro atoms. The molecular formula is C15H14N4OS. The van der Waals surface area contributed by atoms with Crippen molar-refractivity contribution in [2.75, 3.05) is 12.8 Å². The standard InChI is InChI=1S/C15H14N4OS/c1-9-17-7-12(14(16)18-9)15-19-13(8-21-15)10-4-3-5-11(6-10)20-2/h3-8H,1-2H3,(H2,16,17,18). The Morgan fingerprint density at radius 1 is 1.24 bits per heavy atom. The number of nitrogen functional groups attached to an aromatic ring is 1. The van der Waals surface area contributed by atoms with Crippen LogP contribution in [0.2, 0.25) is 0 Å². The van der Waals surface area contributed by atoms with E-state index >= 15 is 0 Å². The van der Waals surface area contributed by atoms with Gasteiger partial charge >= 0.3 is 0 Å². The smallest absolute Gasteiger partial charge is 0.137 e. The van der Waals surface area contributed by atoms with E-state index in [1.165, 1.54) is 11.3 Å². The summed E-state index contributed by atoms with van der Waals surface area (Å²) in [6, 6.07) is 7.79. The molecule has 0 aliphatic rings. The van der Waals surface area contributed by atoms with Gasteiger partial charge < -0.3 is 10.5 Å². The maximum absolute atomic E-state index is 5.94. The number of aryl methyl sites for hydroxylation is 1. The summed E-state index contributed by atoms with van der Waals surface area (Å²) in [5.74, 6) is 1.91. The minimum atomic E-state index is 0.453. The summed E-state index contributed by atoms with van der Waals surface area (Å²) < 4.78 is 5.24. The molecule has 106 valence electrons. The van der Waals surface area contributed by atoms with Gasteiger partial charge in [-0.05, 0) is 19.1 Å². The van der Waals surface area contributed by atoms with Crippen LogP contribution in [-0.2, 0) is 0 Å². The third-order valence-corrected chi connectivity index (χ3v) is 3.91. The van der Waals surface area contributed by atoms with Crippen molar-refractivity contribution in [1.82, 2.24) is 15.0 Å². The molecule has 0 fully saturated rings. The predicted octanol–water partition coefficient (Wildman–Crippen LogP) is 3.17. The summed E-state index contributed by atoms with van der Waals surface area (Å²) >= 11 is 1.52. The number of ether oxygens (including phenoxy) is 1. The van der Waals surface area contributed by atoms with Crippen LogP contribution < -0.4 is 10.5 Å². The van der Waals surface area contributed by atoms with E-state index in [0.29, 0.717) is 11.6 Å².